The highest BCUT2D eigenvalue weighted by Crippen LogP contribution is 2.35. The fourth-order valence-electron chi connectivity index (χ4n) is 4.16. The van der Waals surface area contributed by atoms with Crippen molar-refractivity contribution in [1.82, 2.24) is 14.1 Å². The van der Waals surface area contributed by atoms with Gasteiger partial charge in [-0.05, 0) is 44.7 Å². The molecule has 3 aromatic heterocycles. The van der Waals surface area contributed by atoms with E-state index in [0.29, 0.717) is 18.2 Å². The van der Waals surface area contributed by atoms with Gasteiger partial charge in [0.2, 0.25) is 0 Å². The van der Waals surface area contributed by atoms with Crippen molar-refractivity contribution < 1.29 is 4.79 Å². The highest BCUT2D eigenvalue weighted by molar-refractivity contribution is 7.99. The first kappa shape index (κ1) is 20.9. The molecular formula is C23H25N3O2S2. The van der Waals surface area contributed by atoms with Gasteiger partial charge in [-0.25, -0.2) is 4.98 Å². The molecule has 0 spiro atoms. The number of thiophene rings is 1. The van der Waals surface area contributed by atoms with Crippen molar-refractivity contribution in [3.05, 3.63) is 69.1 Å². The Morgan fingerprint density at radius 3 is 2.70 bits per heavy atom. The van der Waals surface area contributed by atoms with Crippen LogP contribution in [0.5, 0.6) is 0 Å². The fourth-order valence-corrected chi connectivity index (χ4v) is 6.35. The Hall–Kier alpha value is -2.38. The zero-order valence-corrected chi connectivity index (χ0v) is 19.0. The summed E-state index contributed by atoms with van der Waals surface area (Å²) in [6.45, 7) is 12.6. The van der Waals surface area contributed by atoms with E-state index >= 15 is 0 Å². The van der Waals surface area contributed by atoms with Crippen LogP contribution in [0.3, 0.4) is 0 Å². The van der Waals surface area contributed by atoms with Gasteiger partial charge >= 0.3 is 0 Å². The summed E-state index contributed by atoms with van der Waals surface area (Å²) in [5.74, 6) is 0.273. The van der Waals surface area contributed by atoms with Crippen LogP contribution >= 0.6 is 23.1 Å². The van der Waals surface area contributed by atoms with Gasteiger partial charge in [0.25, 0.3) is 5.56 Å². The number of aryl methyl sites for hydroxylation is 3. The molecule has 0 saturated heterocycles. The molecule has 1 aliphatic rings. The summed E-state index contributed by atoms with van der Waals surface area (Å²) < 4.78 is 3.73. The molecule has 0 unspecified atom stereocenters. The average molecular weight is 440 g/mol. The van der Waals surface area contributed by atoms with Crippen molar-refractivity contribution in [3.8, 4) is 0 Å². The molecule has 1 aliphatic carbocycles. The quantitative estimate of drug-likeness (QED) is 0.221. The van der Waals surface area contributed by atoms with Gasteiger partial charge in [-0.3, -0.25) is 14.2 Å². The van der Waals surface area contributed by atoms with E-state index < -0.39 is 0 Å². The third kappa shape index (κ3) is 3.50. The van der Waals surface area contributed by atoms with Gasteiger partial charge in [0.1, 0.15) is 4.83 Å². The molecule has 0 aliphatic heterocycles. The van der Waals surface area contributed by atoms with Crippen LogP contribution in [0.25, 0.3) is 10.2 Å². The molecule has 0 aromatic carbocycles. The summed E-state index contributed by atoms with van der Waals surface area (Å²) in [5.41, 5.74) is 3.86. The average Bonchev–Trinajstić information content (AvgIpc) is 3.38. The summed E-state index contributed by atoms with van der Waals surface area (Å²) in [4.78, 5) is 33.0. The standard InChI is InChI=1S/C23H25N3O2S2/c1-5-10-25-14(3)12-17(15(25)4)18(27)13-29-23-24-21-20(22(28)26(23)11-6-2)16-8-7-9-19(16)30-21/h5-6,12H,1-2,7-11,13H2,3-4H3. The summed E-state index contributed by atoms with van der Waals surface area (Å²) in [6.07, 6.45) is 6.61. The number of carbonyl (C=O) groups is 1. The normalized spacial score (nSPS) is 13.0. The SMILES string of the molecule is C=CCn1c(C)cc(C(=O)CSc2nc3sc4c(c3c(=O)n2CC=C)CCC4)c1C. The lowest BCUT2D eigenvalue weighted by Crippen LogP contribution is -2.23. The Morgan fingerprint density at radius 1 is 1.23 bits per heavy atom. The first-order valence-corrected chi connectivity index (χ1v) is 11.9. The Bertz CT molecular complexity index is 1230. The molecule has 4 rings (SSSR count). The van der Waals surface area contributed by atoms with E-state index in [1.807, 2.05) is 26.0 Å². The number of ketones is 1. The lowest BCUT2D eigenvalue weighted by molar-refractivity contribution is 0.102. The third-order valence-corrected chi connectivity index (χ3v) is 7.78. The maximum absolute atomic E-state index is 13.2. The molecule has 7 heteroatoms. The van der Waals surface area contributed by atoms with Crippen molar-refractivity contribution in [2.24, 2.45) is 0 Å². The molecule has 3 heterocycles. The Kier molecular flexibility index (Phi) is 5.84. The van der Waals surface area contributed by atoms with Crippen LogP contribution in [0.1, 0.15) is 38.6 Å². The highest BCUT2D eigenvalue weighted by atomic mass is 32.2. The molecule has 30 heavy (non-hydrogen) atoms. The summed E-state index contributed by atoms with van der Waals surface area (Å²) in [7, 11) is 0. The second kappa shape index (κ2) is 8.40. The molecule has 0 atom stereocenters. The number of carbonyl (C=O) groups excluding carboxylic acids is 1. The van der Waals surface area contributed by atoms with Crippen LogP contribution < -0.4 is 5.56 Å². The number of Topliss-reactive ketones (excluding diaryl/α,β-unsaturated/α-hetero) is 1. The fraction of sp³-hybridized carbons (Fsp3) is 0.348. The van der Waals surface area contributed by atoms with Gasteiger partial charge in [-0.2, -0.15) is 0 Å². The van der Waals surface area contributed by atoms with E-state index in [2.05, 4.69) is 17.7 Å². The lowest BCUT2D eigenvalue weighted by Gasteiger charge is -2.10. The second-order valence-electron chi connectivity index (χ2n) is 7.53. The smallest absolute Gasteiger partial charge is 0.263 e. The molecule has 0 radical (unpaired) electrons. The van der Waals surface area contributed by atoms with Gasteiger partial charge in [0.05, 0.1) is 11.1 Å². The summed E-state index contributed by atoms with van der Waals surface area (Å²) in [5, 5.41) is 1.35. The minimum atomic E-state index is -0.0154. The summed E-state index contributed by atoms with van der Waals surface area (Å²) in [6, 6.07) is 1.93. The minimum Gasteiger partial charge on any atom is -0.345 e. The zero-order valence-electron chi connectivity index (χ0n) is 17.4. The van der Waals surface area contributed by atoms with Crippen LogP contribution in [-0.2, 0) is 25.9 Å². The van der Waals surface area contributed by atoms with Crippen LogP contribution in [0.2, 0.25) is 0 Å². The number of hydrogen-bond acceptors (Lipinski definition) is 5. The minimum absolute atomic E-state index is 0.0154. The number of fused-ring (bicyclic) bond motifs is 3. The topological polar surface area (TPSA) is 56.9 Å². The van der Waals surface area contributed by atoms with Crippen LogP contribution in [0.4, 0.5) is 0 Å². The van der Waals surface area contributed by atoms with Crippen molar-refractivity contribution in [2.45, 2.75) is 51.4 Å². The molecule has 3 aromatic rings. The predicted octanol–water partition coefficient (Wildman–Crippen LogP) is 4.71. The Labute approximate surface area is 184 Å². The third-order valence-electron chi connectivity index (χ3n) is 5.62. The largest absolute Gasteiger partial charge is 0.345 e. The van der Waals surface area contributed by atoms with Crippen LogP contribution in [0, 0.1) is 13.8 Å². The van der Waals surface area contributed by atoms with Gasteiger partial charge < -0.3 is 4.57 Å². The number of rotatable bonds is 8. The Balaban J connectivity index is 1.65. The van der Waals surface area contributed by atoms with E-state index in [4.69, 9.17) is 4.98 Å². The monoisotopic (exact) mass is 439 g/mol. The van der Waals surface area contributed by atoms with E-state index in [9.17, 15) is 9.59 Å². The van der Waals surface area contributed by atoms with Crippen LogP contribution in [-0.4, -0.2) is 25.7 Å². The molecule has 0 saturated carbocycles. The number of hydrogen-bond donors (Lipinski definition) is 0. The number of aromatic nitrogens is 3. The van der Waals surface area contributed by atoms with E-state index in [-0.39, 0.29) is 17.1 Å². The maximum atomic E-state index is 13.2. The molecular weight excluding hydrogens is 414 g/mol. The maximum Gasteiger partial charge on any atom is 0.263 e. The molecule has 156 valence electrons. The molecule has 0 amide bonds. The van der Waals surface area contributed by atoms with Gasteiger partial charge in [0, 0.05) is 34.9 Å². The summed E-state index contributed by atoms with van der Waals surface area (Å²) >= 11 is 2.95. The zero-order chi connectivity index (χ0) is 21.4. The number of thioether (sulfide) groups is 1. The number of allylic oxidation sites excluding steroid dienone is 2. The number of nitrogens with zero attached hydrogens (tertiary/aromatic N) is 3. The molecule has 0 N–H and O–H groups in total. The van der Waals surface area contributed by atoms with E-state index in [1.54, 1.807) is 22.0 Å². The van der Waals surface area contributed by atoms with Crippen molar-refractivity contribution in [3.63, 3.8) is 0 Å². The van der Waals surface area contributed by atoms with E-state index in [1.165, 1.54) is 22.2 Å². The van der Waals surface area contributed by atoms with Gasteiger partial charge in [0.15, 0.2) is 10.9 Å². The van der Waals surface area contributed by atoms with Crippen molar-refractivity contribution in [2.75, 3.05) is 5.75 Å². The predicted molar refractivity (Wildman–Crippen MR) is 125 cm³/mol. The van der Waals surface area contributed by atoms with Crippen LogP contribution in [0.15, 0.2) is 41.3 Å². The van der Waals surface area contributed by atoms with Gasteiger partial charge in [-0.15, -0.1) is 24.5 Å². The first-order valence-electron chi connectivity index (χ1n) is 10.1. The molecule has 0 bridgehead atoms. The Morgan fingerprint density at radius 2 is 1.97 bits per heavy atom. The van der Waals surface area contributed by atoms with Gasteiger partial charge in [-0.1, -0.05) is 23.9 Å². The molecule has 5 nitrogen and oxygen atoms in total. The van der Waals surface area contributed by atoms with Crippen molar-refractivity contribution >= 4 is 39.1 Å². The first-order chi connectivity index (χ1) is 14.5. The van der Waals surface area contributed by atoms with Crippen molar-refractivity contribution in [1.29, 1.82) is 0 Å². The highest BCUT2D eigenvalue weighted by Gasteiger charge is 2.24. The second-order valence-corrected chi connectivity index (χ2v) is 9.56. The lowest BCUT2D eigenvalue weighted by atomic mass is 10.2. The van der Waals surface area contributed by atoms with E-state index in [0.717, 1.165) is 46.4 Å². The molecule has 0 fully saturated rings.